The zero-order chi connectivity index (χ0) is 17.7. The molecule has 3 heterocycles. The van der Waals surface area contributed by atoms with Crippen LogP contribution in [0.5, 0.6) is 0 Å². The number of aryl methyl sites for hydroxylation is 1. The van der Waals surface area contributed by atoms with Gasteiger partial charge in [-0.15, -0.1) is 0 Å². The largest absolute Gasteiger partial charge is 0.342 e. The number of fused-ring (bicyclic) bond motifs is 3. The molecule has 1 aromatic heterocycles. The van der Waals surface area contributed by atoms with Gasteiger partial charge in [-0.25, -0.2) is 4.98 Å². The molecule has 1 fully saturated rings. The first-order valence-electron chi connectivity index (χ1n) is 9.38. The Morgan fingerprint density at radius 2 is 1.96 bits per heavy atom. The van der Waals surface area contributed by atoms with E-state index in [0.29, 0.717) is 0 Å². The number of nitrogens with zero attached hydrogens (tertiary/aromatic N) is 3. The quantitative estimate of drug-likeness (QED) is 0.663. The van der Waals surface area contributed by atoms with Gasteiger partial charge in [0.15, 0.2) is 0 Å². The van der Waals surface area contributed by atoms with E-state index in [4.69, 9.17) is 4.98 Å². The van der Waals surface area contributed by atoms with Crippen molar-refractivity contribution >= 4 is 40.4 Å². The molecule has 5 rings (SSSR count). The second kappa shape index (κ2) is 6.18. The molecular formula is C20H21IN4O. The van der Waals surface area contributed by atoms with Crippen LogP contribution in [-0.2, 0) is 18.3 Å². The van der Waals surface area contributed by atoms with Gasteiger partial charge in [0.1, 0.15) is 0 Å². The van der Waals surface area contributed by atoms with Gasteiger partial charge in [0, 0.05) is 39.4 Å². The summed E-state index contributed by atoms with van der Waals surface area (Å²) in [5.41, 5.74) is 4.51. The van der Waals surface area contributed by atoms with Gasteiger partial charge in [-0.3, -0.25) is 14.8 Å². The standard InChI is InChI=1S/C20H21IN4O/c21-14-5-3-7-16-17(14)20(12-22-16)8-10-25(11-9-20)19-23-15-6-2-1-4-13(15)18(26)24-19/h3,5,7,12H,1-2,4,6,8-11H2,(H,23,24,26). The van der Waals surface area contributed by atoms with Crippen LogP contribution in [0.15, 0.2) is 28.0 Å². The molecule has 5 nitrogen and oxygen atoms in total. The highest BCUT2D eigenvalue weighted by molar-refractivity contribution is 14.1. The average molecular weight is 460 g/mol. The number of hydrogen-bond donors (Lipinski definition) is 1. The zero-order valence-corrected chi connectivity index (χ0v) is 16.8. The van der Waals surface area contributed by atoms with Crippen molar-refractivity contribution in [2.45, 2.75) is 43.9 Å². The van der Waals surface area contributed by atoms with Crippen LogP contribution in [0.1, 0.15) is 42.5 Å². The minimum atomic E-state index is 0.0398. The van der Waals surface area contributed by atoms with Crippen molar-refractivity contribution in [3.05, 3.63) is 48.9 Å². The van der Waals surface area contributed by atoms with Gasteiger partial charge < -0.3 is 4.90 Å². The Morgan fingerprint density at radius 3 is 2.81 bits per heavy atom. The van der Waals surface area contributed by atoms with E-state index in [9.17, 15) is 4.79 Å². The van der Waals surface area contributed by atoms with Gasteiger partial charge >= 0.3 is 0 Å². The monoisotopic (exact) mass is 460 g/mol. The SMILES string of the molecule is O=c1[nH]c(N2CCC3(C=Nc4cccc(I)c43)CC2)nc2c1CCCC2. The molecule has 0 saturated carbocycles. The molecule has 0 bridgehead atoms. The summed E-state index contributed by atoms with van der Waals surface area (Å²) in [4.78, 5) is 27.2. The zero-order valence-electron chi connectivity index (χ0n) is 14.6. The van der Waals surface area contributed by atoms with E-state index in [1.54, 1.807) is 0 Å². The first-order valence-corrected chi connectivity index (χ1v) is 10.5. The number of anilines is 1. The summed E-state index contributed by atoms with van der Waals surface area (Å²) in [5.74, 6) is 0.753. The highest BCUT2D eigenvalue weighted by Gasteiger charge is 2.41. The minimum absolute atomic E-state index is 0.0398. The number of halogens is 1. The van der Waals surface area contributed by atoms with E-state index >= 15 is 0 Å². The summed E-state index contributed by atoms with van der Waals surface area (Å²) >= 11 is 2.43. The second-order valence-electron chi connectivity index (χ2n) is 7.56. The summed E-state index contributed by atoms with van der Waals surface area (Å²) in [6.45, 7) is 1.77. The van der Waals surface area contributed by atoms with Crippen LogP contribution < -0.4 is 10.5 Å². The number of H-pyrrole nitrogens is 1. The van der Waals surface area contributed by atoms with Crippen LogP contribution in [0, 0.1) is 3.57 Å². The molecule has 1 aliphatic carbocycles. The van der Waals surface area contributed by atoms with Gasteiger partial charge in [-0.1, -0.05) is 6.07 Å². The molecule has 3 aliphatic rings. The fraction of sp³-hybridized carbons (Fsp3) is 0.450. The smallest absolute Gasteiger partial charge is 0.255 e. The van der Waals surface area contributed by atoms with Crippen LogP contribution >= 0.6 is 22.6 Å². The Hall–Kier alpha value is -1.70. The van der Waals surface area contributed by atoms with Crippen LogP contribution in [0.4, 0.5) is 11.6 Å². The Labute approximate surface area is 166 Å². The lowest BCUT2D eigenvalue weighted by Gasteiger charge is -2.39. The number of aliphatic imine (C=N–C) groups is 1. The fourth-order valence-electron chi connectivity index (χ4n) is 4.61. The van der Waals surface area contributed by atoms with Gasteiger partial charge in [-0.2, -0.15) is 0 Å². The number of aromatic nitrogens is 2. The number of rotatable bonds is 1. The molecule has 2 aliphatic heterocycles. The number of hydrogen-bond acceptors (Lipinski definition) is 4. The molecule has 1 N–H and O–H groups in total. The van der Waals surface area contributed by atoms with Crippen molar-refractivity contribution < 1.29 is 0 Å². The van der Waals surface area contributed by atoms with Crippen molar-refractivity contribution in [2.75, 3.05) is 18.0 Å². The topological polar surface area (TPSA) is 61.4 Å². The number of nitrogens with one attached hydrogen (secondary N) is 1. The molecule has 1 saturated heterocycles. The highest BCUT2D eigenvalue weighted by atomic mass is 127. The lowest BCUT2D eigenvalue weighted by atomic mass is 9.74. The van der Waals surface area contributed by atoms with Gasteiger partial charge in [0.25, 0.3) is 5.56 Å². The summed E-state index contributed by atoms with van der Waals surface area (Å²) in [6, 6.07) is 6.36. The first kappa shape index (κ1) is 16.5. The maximum Gasteiger partial charge on any atom is 0.255 e. The number of aromatic amines is 1. The van der Waals surface area contributed by atoms with E-state index in [1.807, 2.05) is 0 Å². The molecule has 0 radical (unpaired) electrons. The molecule has 2 aromatic rings. The molecule has 1 aromatic carbocycles. The number of benzene rings is 1. The molecule has 0 unspecified atom stereocenters. The van der Waals surface area contributed by atoms with Gasteiger partial charge in [0.05, 0.1) is 11.4 Å². The van der Waals surface area contributed by atoms with E-state index in [-0.39, 0.29) is 11.0 Å². The minimum Gasteiger partial charge on any atom is -0.342 e. The molecule has 1 spiro atoms. The second-order valence-corrected chi connectivity index (χ2v) is 8.72. The highest BCUT2D eigenvalue weighted by Crippen LogP contribution is 2.45. The van der Waals surface area contributed by atoms with Crippen LogP contribution in [0.25, 0.3) is 0 Å². The van der Waals surface area contributed by atoms with Gasteiger partial charge in [0.2, 0.25) is 5.95 Å². The third kappa shape index (κ3) is 2.52. The summed E-state index contributed by atoms with van der Waals surface area (Å²) in [5, 5.41) is 0. The normalized spacial score (nSPS) is 20.3. The lowest BCUT2D eigenvalue weighted by Crippen LogP contribution is -2.44. The predicted octanol–water partition coefficient (Wildman–Crippen LogP) is 3.51. The lowest BCUT2D eigenvalue weighted by molar-refractivity contribution is 0.439. The Morgan fingerprint density at radius 1 is 1.15 bits per heavy atom. The summed E-state index contributed by atoms with van der Waals surface area (Å²) in [7, 11) is 0. The maximum atomic E-state index is 12.4. The third-order valence-electron chi connectivity index (χ3n) is 6.07. The molecule has 134 valence electrons. The van der Waals surface area contributed by atoms with E-state index in [2.05, 4.69) is 61.9 Å². The van der Waals surface area contributed by atoms with E-state index in [0.717, 1.165) is 74.5 Å². The van der Waals surface area contributed by atoms with Crippen molar-refractivity contribution in [1.82, 2.24) is 9.97 Å². The van der Waals surface area contributed by atoms with Crippen molar-refractivity contribution in [3.63, 3.8) is 0 Å². The van der Waals surface area contributed by atoms with Crippen molar-refractivity contribution in [2.24, 2.45) is 4.99 Å². The maximum absolute atomic E-state index is 12.4. The Bertz CT molecular complexity index is 957. The van der Waals surface area contributed by atoms with Gasteiger partial charge in [-0.05, 0) is 73.2 Å². The summed E-state index contributed by atoms with van der Waals surface area (Å²) < 4.78 is 1.30. The first-order chi connectivity index (χ1) is 12.7. The van der Waals surface area contributed by atoms with Crippen LogP contribution in [0.3, 0.4) is 0 Å². The number of piperidine rings is 1. The summed E-state index contributed by atoms with van der Waals surface area (Å²) in [6.07, 6.45) is 8.20. The molecule has 0 atom stereocenters. The predicted molar refractivity (Wildman–Crippen MR) is 112 cm³/mol. The van der Waals surface area contributed by atoms with Crippen molar-refractivity contribution in [1.29, 1.82) is 0 Å². The van der Waals surface area contributed by atoms with Crippen LogP contribution in [-0.4, -0.2) is 29.3 Å². The van der Waals surface area contributed by atoms with E-state index in [1.165, 1.54) is 9.13 Å². The molecule has 6 heteroatoms. The van der Waals surface area contributed by atoms with Crippen molar-refractivity contribution in [3.8, 4) is 0 Å². The Kier molecular flexibility index (Phi) is 3.92. The Balaban J connectivity index is 1.42. The van der Waals surface area contributed by atoms with Crippen LogP contribution in [0.2, 0.25) is 0 Å². The molecule has 0 amide bonds. The molecule has 26 heavy (non-hydrogen) atoms. The molecular weight excluding hydrogens is 439 g/mol. The average Bonchev–Trinajstić information content (AvgIpc) is 3.02. The fourth-order valence-corrected chi connectivity index (χ4v) is 5.63. The van der Waals surface area contributed by atoms with E-state index < -0.39 is 0 Å². The third-order valence-corrected chi connectivity index (χ3v) is 6.97.